The van der Waals surface area contributed by atoms with Crippen molar-refractivity contribution in [1.82, 2.24) is 14.8 Å². The number of pyridine rings is 1. The van der Waals surface area contributed by atoms with Crippen LogP contribution in [-0.2, 0) is 9.53 Å². The molecule has 3 rings (SSSR count). The quantitative estimate of drug-likeness (QED) is 0.812. The fraction of sp³-hybridized carbons (Fsp3) is 0.650. The van der Waals surface area contributed by atoms with Gasteiger partial charge in [-0.25, -0.2) is 4.79 Å². The summed E-state index contributed by atoms with van der Waals surface area (Å²) in [6, 6.07) is 3.72. The highest BCUT2D eigenvalue weighted by molar-refractivity contribution is 5.79. The Balaban J connectivity index is 1.45. The number of hydrogen-bond donors (Lipinski definition) is 0. The third-order valence-corrected chi connectivity index (χ3v) is 4.89. The van der Waals surface area contributed by atoms with Crippen LogP contribution in [-0.4, -0.2) is 64.7 Å². The monoisotopic (exact) mass is 375 g/mol. The van der Waals surface area contributed by atoms with Crippen LogP contribution in [0, 0.1) is 5.92 Å². The molecule has 0 saturated carbocycles. The van der Waals surface area contributed by atoms with Crippen LogP contribution in [0.2, 0.25) is 0 Å². The molecule has 0 unspecified atom stereocenters. The average molecular weight is 375 g/mol. The molecule has 0 aromatic carbocycles. The van der Waals surface area contributed by atoms with Crippen molar-refractivity contribution in [3.05, 3.63) is 24.5 Å². The van der Waals surface area contributed by atoms with E-state index in [2.05, 4.69) is 4.98 Å². The van der Waals surface area contributed by atoms with E-state index in [1.165, 1.54) is 0 Å². The molecule has 7 heteroatoms. The number of carbonyl (C=O) groups is 2. The number of ether oxygens (including phenoxy) is 2. The summed E-state index contributed by atoms with van der Waals surface area (Å²) in [4.78, 5) is 32.6. The second kappa shape index (κ2) is 8.15. The first-order chi connectivity index (χ1) is 12.8. The minimum absolute atomic E-state index is 0.0139. The maximum absolute atomic E-state index is 12.8. The largest absolute Gasteiger partial charge is 0.487 e. The van der Waals surface area contributed by atoms with Crippen LogP contribution in [0.15, 0.2) is 24.5 Å². The highest BCUT2D eigenvalue weighted by Gasteiger charge is 2.35. The summed E-state index contributed by atoms with van der Waals surface area (Å²) in [7, 11) is 0. The minimum atomic E-state index is -0.497. The van der Waals surface area contributed by atoms with Crippen LogP contribution in [0.5, 0.6) is 5.75 Å². The van der Waals surface area contributed by atoms with Gasteiger partial charge in [0.05, 0.1) is 12.7 Å². The van der Waals surface area contributed by atoms with Crippen molar-refractivity contribution in [2.24, 2.45) is 5.92 Å². The number of likely N-dealkylation sites (tertiary alicyclic amines) is 2. The van der Waals surface area contributed by atoms with E-state index in [1.54, 1.807) is 17.3 Å². The molecule has 0 spiro atoms. The molecule has 1 atom stereocenters. The minimum Gasteiger partial charge on any atom is -0.487 e. The summed E-state index contributed by atoms with van der Waals surface area (Å²) in [6.45, 7) is 8.04. The topological polar surface area (TPSA) is 72.0 Å². The molecule has 2 amide bonds. The molecule has 27 heavy (non-hydrogen) atoms. The Bertz CT molecular complexity index is 651. The first-order valence-corrected chi connectivity index (χ1v) is 9.65. The molecule has 0 N–H and O–H groups in total. The van der Waals surface area contributed by atoms with Gasteiger partial charge >= 0.3 is 6.09 Å². The van der Waals surface area contributed by atoms with Crippen molar-refractivity contribution < 1.29 is 19.1 Å². The smallest absolute Gasteiger partial charge is 0.410 e. The van der Waals surface area contributed by atoms with Crippen molar-refractivity contribution in [2.45, 2.75) is 51.7 Å². The van der Waals surface area contributed by atoms with Gasteiger partial charge < -0.3 is 19.3 Å². The summed E-state index contributed by atoms with van der Waals surface area (Å²) in [5.41, 5.74) is -0.497. The highest BCUT2D eigenvalue weighted by Crippen LogP contribution is 2.25. The molecule has 2 aliphatic rings. The van der Waals surface area contributed by atoms with Crippen molar-refractivity contribution in [2.75, 3.05) is 26.2 Å². The molecular weight excluding hydrogens is 346 g/mol. The van der Waals surface area contributed by atoms with E-state index in [4.69, 9.17) is 9.47 Å². The SMILES string of the molecule is CC(C)(C)OC(=O)N1CCC(C(=O)N2CC[C@H](Oc3cccnc3)C2)CC1. The van der Waals surface area contributed by atoms with Crippen LogP contribution in [0.25, 0.3) is 0 Å². The summed E-state index contributed by atoms with van der Waals surface area (Å²) in [6.07, 6.45) is 5.32. The normalized spacial score (nSPS) is 21.2. The second-order valence-electron chi connectivity index (χ2n) is 8.24. The lowest BCUT2D eigenvalue weighted by atomic mass is 9.95. The van der Waals surface area contributed by atoms with Crippen LogP contribution < -0.4 is 4.74 Å². The lowest BCUT2D eigenvalue weighted by Crippen LogP contribution is -2.45. The van der Waals surface area contributed by atoms with Gasteiger partial charge in [0.1, 0.15) is 17.5 Å². The summed E-state index contributed by atoms with van der Waals surface area (Å²) >= 11 is 0. The van der Waals surface area contributed by atoms with Gasteiger partial charge in [0.25, 0.3) is 0 Å². The van der Waals surface area contributed by atoms with Crippen molar-refractivity contribution >= 4 is 12.0 Å². The molecule has 148 valence electrons. The lowest BCUT2D eigenvalue weighted by Gasteiger charge is -2.34. The molecule has 1 aromatic rings. The number of hydrogen-bond acceptors (Lipinski definition) is 5. The van der Waals surface area contributed by atoms with Gasteiger partial charge in [-0.2, -0.15) is 0 Å². The van der Waals surface area contributed by atoms with Gasteiger partial charge in [0.15, 0.2) is 0 Å². The van der Waals surface area contributed by atoms with Crippen LogP contribution in [0.4, 0.5) is 4.79 Å². The summed E-state index contributed by atoms with van der Waals surface area (Å²) < 4.78 is 11.3. The Kier molecular flexibility index (Phi) is 5.87. The first-order valence-electron chi connectivity index (χ1n) is 9.65. The number of piperidine rings is 1. The van der Waals surface area contributed by atoms with E-state index in [9.17, 15) is 9.59 Å². The fourth-order valence-electron chi connectivity index (χ4n) is 3.53. The van der Waals surface area contributed by atoms with Gasteiger partial charge in [0.2, 0.25) is 5.91 Å². The molecule has 7 nitrogen and oxygen atoms in total. The van der Waals surface area contributed by atoms with Crippen LogP contribution in [0.1, 0.15) is 40.0 Å². The molecule has 0 radical (unpaired) electrons. The van der Waals surface area contributed by atoms with Crippen molar-refractivity contribution in [3.8, 4) is 5.75 Å². The molecule has 2 saturated heterocycles. The fourth-order valence-corrected chi connectivity index (χ4v) is 3.53. The van der Waals surface area contributed by atoms with E-state index in [1.807, 2.05) is 37.8 Å². The Labute approximate surface area is 160 Å². The maximum Gasteiger partial charge on any atom is 0.410 e. The van der Waals surface area contributed by atoms with Gasteiger partial charge in [-0.1, -0.05) is 0 Å². The number of nitrogens with zero attached hydrogens (tertiary/aromatic N) is 3. The molecular formula is C20H29N3O4. The zero-order chi connectivity index (χ0) is 19.4. The molecule has 0 aliphatic carbocycles. The summed E-state index contributed by atoms with van der Waals surface area (Å²) in [5, 5.41) is 0. The van der Waals surface area contributed by atoms with Crippen LogP contribution >= 0.6 is 0 Å². The van der Waals surface area contributed by atoms with Crippen molar-refractivity contribution in [1.29, 1.82) is 0 Å². The first kappa shape index (κ1) is 19.5. The van der Waals surface area contributed by atoms with E-state index in [0.29, 0.717) is 32.5 Å². The Morgan fingerprint density at radius 2 is 1.81 bits per heavy atom. The van der Waals surface area contributed by atoms with Crippen molar-refractivity contribution in [3.63, 3.8) is 0 Å². The average Bonchev–Trinajstić information content (AvgIpc) is 3.09. The standard InChI is InChI=1S/C20H29N3O4/c1-20(2,3)27-19(25)22-10-6-15(7-11-22)18(24)23-12-8-17(14-23)26-16-5-4-9-21-13-16/h4-5,9,13,15,17H,6-8,10-12,14H2,1-3H3/t17-/m0/s1. The molecule has 1 aromatic heterocycles. The van der Waals surface area contributed by atoms with E-state index < -0.39 is 5.60 Å². The number of amides is 2. The highest BCUT2D eigenvalue weighted by atomic mass is 16.6. The lowest BCUT2D eigenvalue weighted by molar-refractivity contribution is -0.136. The third-order valence-electron chi connectivity index (χ3n) is 4.89. The zero-order valence-electron chi connectivity index (χ0n) is 16.4. The van der Waals surface area contributed by atoms with Crippen LogP contribution in [0.3, 0.4) is 0 Å². The molecule has 0 bridgehead atoms. The summed E-state index contributed by atoms with van der Waals surface area (Å²) in [5.74, 6) is 0.888. The van der Waals surface area contributed by atoms with Gasteiger partial charge in [-0.05, 0) is 45.7 Å². The zero-order valence-corrected chi connectivity index (χ0v) is 16.4. The number of aromatic nitrogens is 1. The number of rotatable bonds is 3. The Morgan fingerprint density at radius 1 is 1.11 bits per heavy atom. The molecule has 2 fully saturated rings. The van der Waals surface area contributed by atoms with E-state index in [-0.39, 0.29) is 24.0 Å². The third kappa shape index (κ3) is 5.34. The van der Waals surface area contributed by atoms with Gasteiger partial charge in [-0.3, -0.25) is 9.78 Å². The molecule has 2 aliphatic heterocycles. The second-order valence-corrected chi connectivity index (χ2v) is 8.24. The van der Waals surface area contributed by atoms with Gasteiger partial charge in [-0.15, -0.1) is 0 Å². The maximum atomic E-state index is 12.8. The predicted molar refractivity (Wildman–Crippen MR) is 100 cm³/mol. The Morgan fingerprint density at radius 3 is 2.44 bits per heavy atom. The van der Waals surface area contributed by atoms with Gasteiger partial charge in [0, 0.05) is 38.2 Å². The van der Waals surface area contributed by atoms with E-state index >= 15 is 0 Å². The van der Waals surface area contributed by atoms with E-state index in [0.717, 1.165) is 18.7 Å². The predicted octanol–water partition coefficient (Wildman–Crippen LogP) is 2.71. The Hall–Kier alpha value is -2.31. The molecule has 3 heterocycles. The number of carbonyl (C=O) groups excluding carboxylic acids is 2.